The third kappa shape index (κ3) is 4.67. The second-order valence-electron chi connectivity index (χ2n) is 5.14. The van der Waals surface area contributed by atoms with Crippen molar-refractivity contribution in [3.05, 3.63) is 29.8 Å². The lowest BCUT2D eigenvalue weighted by molar-refractivity contribution is 0.121. The number of nitrogens with one attached hydrogen (secondary N) is 1. The number of ether oxygens (including phenoxy) is 1. The van der Waals surface area contributed by atoms with Gasteiger partial charge in [-0.25, -0.2) is 0 Å². The molecule has 1 aromatic rings. The summed E-state index contributed by atoms with van der Waals surface area (Å²) in [6, 6.07) is 7.68. The summed E-state index contributed by atoms with van der Waals surface area (Å²) in [7, 11) is 0. The molecule has 100 valence electrons. The fourth-order valence-corrected chi connectivity index (χ4v) is 1.91. The Kier molecular flexibility index (Phi) is 5.02. The Morgan fingerprint density at radius 2 is 2.06 bits per heavy atom. The second-order valence-corrected chi connectivity index (χ2v) is 5.14. The Bertz CT molecular complexity index is 346. The zero-order chi connectivity index (χ0) is 12.8. The standard InChI is InChI=1S/C15H23NO2/c1-12(14-5-7-15(17)8-6-14)16-9-2-10-18-11-13-3-4-13/h5-8,12-13,16-17H,2-4,9-11H2,1H3. The maximum absolute atomic E-state index is 9.22. The van der Waals surface area contributed by atoms with Crippen molar-refractivity contribution in [3.8, 4) is 5.75 Å². The quantitative estimate of drug-likeness (QED) is 0.696. The van der Waals surface area contributed by atoms with Gasteiger partial charge in [0.25, 0.3) is 0 Å². The molecule has 0 spiro atoms. The van der Waals surface area contributed by atoms with Gasteiger partial charge in [0.05, 0.1) is 0 Å². The van der Waals surface area contributed by atoms with E-state index in [-0.39, 0.29) is 0 Å². The van der Waals surface area contributed by atoms with Crippen LogP contribution in [0.25, 0.3) is 0 Å². The molecule has 1 aliphatic carbocycles. The highest BCUT2D eigenvalue weighted by Gasteiger charge is 2.20. The number of hydrogen-bond donors (Lipinski definition) is 2. The third-order valence-electron chi connectivity index (χ3n) is 3.36. The fourth-order valence-electron chi connectivity index (χ4n) is 1.91. The molecule has 0 saturated heterocycles. The SMILES string of the molecule is CC(NCCCOCC1CC1)c1ccc(O)cc1. The lowest BCUT2D eigenvalue weighted by Gasteiger charge is -2.14. The lowest BCUT2D eigenvalue weighted by Crippen LogP contribution is -2.21. The summed E-state index contributed by atoms with van der Waals surface area (Å²) in [4.78, 5) is 0. The highest BCUT2D eigenvalue weighted by Crippen LogP contribution is 2.28. The van der Waals surface area contributed by atoms with Crippen LogP contribution < -0.4 is 5.32 Å². The van der Waals surface area contributed by atoms with Gasteiger partial charge in [-0.1, -0.05) is 12.1 Å². The number of aromatic hydroxyl groups is 1. The molecule has 0 radical (unpaired) electrons. The molecule has 2 N–H and O–H groups in total. The van der Waals surface area contributed by atoms with E-state index >= 15 is 0 Å². The van der Waals surface area contributed by atoms with Crippen LogP contribution in [-0.4, -0.2) is 24.9 Å². The van der Waals surface area contributed by atoms with Crippen molar-refractivity contribution in [2.24, 2.45) is 5.92 Å². The van der Waals surface area contributed by atoms with E-state index in [1.54, 1.807) is 12.1 Å². The van der Waals surface area contributed by atoms with Gasteiger partial charge in [0, 0.05) is 19.3 Å². The molecule has 0 heterocycles. The van der Waals surface area contributed by atoms with Crippen LogP contribution in [0.1, 0.15) is 37.8 Å². The van der Waals surface area contributed by atoms with Crippen molar-refractivity contribution in [2.45, 2.75) is 32.2 Å². The number of hydrogen-bond acceptors (Lipinski definition) is 3. The molecule has 1 saturated carbocycles. The van der Waals surface area contributed by atoms with E-state index < -0.39 is 0 Å². The fraction of sp³-hybridized carbons (Fsp3) is 0.600. The molecule has 1 fully saturated rings. The van der Waals surface area contributed by atoms with Crippen molar-refractivity contribution in [1.82, 2.24) is 5.32 Å². The minimum Gasteiger partial charge on any atom is -0.508 e. The second kappa shape index (κ2) is 6.76. The highest BCUT2D eigenvalue weighted by atomic mass is 16.5. The molecule has 1 unspecified atom stereocenters. The predicted octanol–water partition coefficient (Wildman–Crippen LogP) is 2.86. The smallest absolute Gasteiger partial charge is 0.115 e. The average molecular weight is 249 g/mol. The molecule has 3 heteroatoms. The largest absolute Gasteiger partial charge is 0.508 e. The zero-order valence-corrected chi connectivity index (χ0v) is 11.1. The summed E-state index contributed by atoms with van der Waals surface area (Å²) in [6.45, 7) is 4.91. The summed E-state index contributed by atoms with van der Waals surface area (Å²) in [5, 5.41) is 12.7. The normalized spacial score (nSPS) is 16.7. The summed E-state index contributed by atoms with van der Waals surface area (Å²) < 4.78 is 5.59. The van der Waals surface area contributed by atoms with Gasteiger partial charge in [-0.3, -0.25) is 0 Å². The van der Waals surface area contributed by atoms with Gasteiger partial charge in [-0.05, 0) is 56.3 Å². The van der Waals surface area contributed by atoms with Crippen molar-refractivity contribution >= 4 is 0 Å². The first-order valence-electron chi connectivity index (χ1n) is 6.86. The van der Waals surface area contributed by atoms with Gasteiger partial charge >= 0.3 is 0 Å². The van der Waals surface area contributed by atoms with Crippen LogP contribution in [0.5, 0.6) is 5.75 Å². The number of rotatable bonds is 8. The van der Waals surface area contributed by atoms with Gasteiger partial charge < -0.3 is 15.2 Å². The molecule has 1 aliphatic rings. The van der Waals surface area contributed by atoms with Crippen LogP contribution in [0.4, 0.5) is 0 Å². The average Bonchev–Trinajstić information content (AvgIpc) is 3.18. The summed E-state index contributed by atoms with van der Waals surface area (Å²) in [6.07, 6.45) is 3.77. The number of phenolic OH excluding ortho intramolecular Hbond substituents is 1. The zero-order valence-electron chi connectivity index (χ0n) is 11.1. The summed E-state index contributed by atoms with van der Waals surface area (Å²) in [5.74, 6) is 1.17. The van der Waals surface area contributed by atoms with E-state index in [4.69, 9.17) is 4.74 Å². The number of benzene rings is 1. The van der Waals surface area contributed by atoms with Crippen LogP contribution in [0.15, 0.2) is 24.3 Å². The predicted molar refractivity (Wildman–Crippen MR) is 72.7 cm³/mol. The monoisotopic (exact) mass is 249 g/mol. The van der Waals surface area contributed by atoms with E-state index in [0.29, 0.717) is 11.8 Å². The molecule has 0 bridgehead atoms. The van der Waals surface area contributed by atoms with Crippen molar-refractivity contribution in [1.29, 1.82) is 0 Å². The van der Waals surface area contributed by atoms with Crippen LogP contribution >= 0.6 is 0 Å². The summed E-state index contributed by atoms with van der Waals surface area (Å²) in [5.41, 5.74) is 1.20. The Balaban J connectivity index is 1.56. The molecule has 1 atom stereocenters. The minimum absolute atomic E-state index is 0.314. The Morgan fingerprint density at radius 3 is 2.72 bits per heavy atom. The van der Waals surface area contributed by atoms with Crippen LogP contribution in [0.3, 0.4) is 0 Å². The van der Waals surface area contributed by atoms with Crippen molar-refractivity contribution in [2.75, 3.05) is 19.8 Å². The van der Waals surface area contributed by atoms with Crippen LogP contribution in [-0.2, 0) is 4.74 Å². The number of phenols is 1. The first-order chi connectivity index (χ1) is 8.75. The Labute approximate surface area is 109 Å². The molecular formula is C15H23NO2. The van der Waals surface area contributed by atoms with E-state index in [0.717, 1.165) is 32.1 Å². The Hall–Kier alpha value is -1.06. The summed E-state index contributed by atoms with van der Waals surface area (Å²) >= 11 is 0. The van der Waals surface area contributed by atoms with E-state index in [2.05, 4.69) is 12.2 Å². The van der Waals surface area contributed by atoms with Gasteiger partial charge in [0.2, 0.25) is 0 Å². The molecule has 1 aromatic carbocycles. The maximum atomic E-state index is 9.22. The van der Waals surface area contributed by atoms with Gasteiger partial charge in [0.1, 0.15) is 5.75 Å². The molecule has 2 rings (SSSR count). The third-order valence-corrected chi connectivity index (χ3v) is 3.36. The highest BCUT2D eigenvalue weighted by molar-refractivity contribution is 5.27. The van der Waals surface area contributed by atoms with Gasteiger partial charge in [-0.2, -0.15) is 0 Å². The topological polar surface area (TPSA) is 41.5 Å². The first-order valence-corrected chi connectivity index (χ1v) is 6.86. The lowest BCUT2D eigenvalue weighted by atomic mass is 10.1. The molecule has 0 amide bonds. The minimum atomic E-state index is 0.314. The molecule has 0 aliphatic heterocycles. The van der Waals surface area contributed by atoms with E-state index in [9.17, 15) is 5.11 Å². The van der Waals surface area contributed by atoms with E-state index in [1.807, 2.05) is 12.1 Å². The molecule has 18 heavy (non-hydrogen) atoms. The van der Waals surface area contributed by atoms with Gasteiger partial charge in [0.15, 0.2) is 0 Å². The first kappa shape index (κ1) is 13.4. The van der Waals surface area contributed by atoms with Crippen molar-refractivity contribution in [3.63, 3.8) is 0 Å². The van der Waals surface area contributed by atoms with Crippen LogP contribution in [0, 0.1) is 5.92 Å². The van der Waals surface area contributed by atoms with Crippen molar-refractivity contribution < 1.29 is 9.84 Å². The van der Waals surface area contributed by atoms with Gasteiger partial charge in [-0.15, -0.1) is 0 Å². The molecule has 3 nitrogen and oxygen atoms in total. The van der Waals surface area contributed by atoms with Crippen LogP contribution in [0.2, 0.25) is 0 Å². The maximum Gasteiger partial charge on any atom is 0.115 e. The Morgan fingerprint density at radius 1 is 1.33 bits per heavy atom. The molecule has 0 aromatic heterocycles. The molecular weight excluding hydrogens is 226 g/mol. The van der Waals surface area contributed by atoms with E-state index in [1.165, 1.54) is 18.4 Å².